The maximum absolute atomic E-state index is 13.7. The number of fused-ring (bicyclic) bond motifs is 1. The van der Waals surface area contributed by atoms with Crippen LogP contribution in [0.3, 0.4) is 0 Å². The number of benzene rings is 3. The lowest BCUT2D eigenvalue weighted by atomic mass is 9.72. The topological polar surface area (TPSA) is 30.2 Å². The van der Waals surface area contributed by atoms with Crippen molar-refractivity contribution in [1.29, 1.82) is 0 Å². The molecule has 0 saturated heterocycles. The van der Waals surface area contributed by atoms with E-state index < -0.39 is 0 Å². The van der Waals surface area contributed by atoms with Crippen molar-refractivity contribution in [3.8, 4) is 11.3 Å². The Morgan fingerprint density at radius 2 is 1.52 bits per heavy atom. The van der Waals surface area contributed by atoms with Gasteiger partial charge >= 0.3 is 0 Å². The molecule has 2 nitrogen and oxygen atoms in total. The minimum atomic E-state index is -0.165. The number of hydrogen-bond donors (Lipinski definition) is 0. The summed E-state index contributed by atoms with van der Waals surface area (Å²) in [5.74, 6) is 2.20. The zero-order valence-corrected chi connectivity index (χ0v) is 17.5. The van der Waals surface area contributed by atoms with Gasteiger partial charge in [0.2, 0.25) is 0 Å². The zero-order chi connectivity index (χ0) is 21.0. The van der Waals surface area contributed by atoms with E-state index in [0.717, 1.165) is 47.5 Å². The molecule has 31 heavy (non-hydrogen) atoms. The van der Waals surface area contributed by atoms with E-state index >= 15 is 0 Å². The van der Waals surface area contributed by atoms with Gasteiger partial charge in [-0.25, -0.2) is 0 Å². The zero-order valence-electron chi connectivity index (χ0n) is 17.5. The number of hydrogen-bond acceptors (Lipinski definition) is 2. The number of aryl methyl sites for hydroxylation is 1. The summed E-state index contributed by atoms with van der Waals surface area (Å²) in [4.78, 5) is 13.7. The highest BCUT2D eigenvalue weighted by Crippen LogP contribution is 2.45. The molecule has 0 N–H and O–H groups in total. The molecule has 1 aliphatic rings. The van der Waals surface area contributed by atoms with Crippen LogP contribution < -0.4 is 0 Å². The van der Waals surface area contributed by atoms with Gasteiger partial charge in [0.05, 0.1) is 0 Å². The molecular formula is C29H26O2. The summed E-state index contributed by atoms with van der Waals surface area (Å²) in [6.07, 6.45) is 3.44. The Balaban J connectivity index is 1.53. The fourth-order valence-electron chi connectivity index (χ4n) is 4.89. The lowest BCUT2D eigenvalue weighted by Gasteiger charge is -2.29. The lowest BCUT2D eigenvalue weighted by Crippen LogP contribution is -2.24. The smallest absolute Gasteiger partial charge is 0.145 e. The van der Waals surface area contributed by atoms with Gasteiger partial charge in [-0.1, -0.05) is 91.0 Å². The average Bonchev–Trinajstić information content (AvgIpc) is 3.27. The van der Waals surface area contributed by atoms with Crippen molar-refractivity contribution in [1.82, 2.24) is 0 Å². The molecular weight excluding hydrogens is 380 g/mol. The first kappa shape index (κ1) is 19.6. The van der Waals surface area contributed by atoms with Crippen LogP contribution >= 0.6 is 0 Å². The molecule has 2 unspecified atom stereocenters. The van der Waals surface area contributed by atoms with Gasteiger partial charge in [0.15, 0.2) is 0 Å². The van der Waals surface area contributed by atoms with Crippen LogP contribution in [0.5, 0.6) is 0 Å². The van der Waals surface area contributed by atoms with E-state index in [0.29, 0.717) is 6.42 Å². The van der Waals surface area contributed by atoms with Crippen LogP contribution in [0.25, 0.3) is 11.3 Å². The van der Waals surface area contributed by atoms with Gasteiger partial charge in [-0.15, -0.1) is 0 Å². The highest BCUT2D eigenvalue weighted by Gasteiger charge is 2.35. The second-order valence-corrected chi connectivity index (χ2v) is 8.37. The van der Waals surface area contributed by atoms with Gasteiger partial charge in [-0.05, 0) is 35.6 Å². The quantitative estimate of drug-likeness (QED) is 0.346. The van der Waals surface area contributed by atoms with E-state index in [1.165, 1.54) is 5.56 Å². The Labute approximate surface area is 183 Å². The number of furan rings is 1. The van der Waals surface area contributed by atoms with E-state index in [9.17, 15) is 4.79 Å². The monoisotopic (exact) mass is 406 g/mol. The second kappa shape index (κ2) is 8.77. The van der Waals surface area contributed by atoms with E-state index in [1.54, 1.807) is 0 Å². The summed E-state index contributed by atoms with van der Waals surface area (Å²) in [7, 11) is 0. The highest BCUT2D eigenvalue weighted by atomic mass is 16.3. The average molecular weight is 407 g/mol. The first-order valence-electron chi connectivity index (χ1n) is 11.1. The molecule has 1 aliphatic carbocycles. The van der Waals surface area contributed by atoms with Crippen LogP contribution in [0.1, 0.15) is 47.1 Å². The van der Waals surface area contributed by atoms with Crippen LogP contribution in [-0.2, 0) is 17.6 Å². The third kappa shape index (κ3) is 4.11. The summed E-state index contributed by atoms with van der Waals surface area (Å²) >= 11 is 0. The third-order valence-corrected chi connectivity index (χ3v) is 6.35. The van der Waals surface area contributed by atoms with Gasteiger partial charge in [0.1, 0.15) is 17.3 Å². The SMILES string of the molecule is O=C(Cc1ccccc1)C(c1ccccc1)C1CCCc2oc(-c3ccccc3)cc21. The van der Waals surface area contributed by atoms with Gasteiger partial charge in [-0.3, -0.25) is 4.79 Å². The maximum Gasteiger partial charge on any atom is 0.145 e. The molecule has 0 bridgehead atoms. The van der Waals surface area contributed by atoms with Crippen molar-refractivity contribution in [2.24, 2.45) is 0 Å². The van der Waals surface area contributed by atoms with Gasteiger partial charge in [-0.2, -0.15) is 0 Å². The Morgan fingerprint density at radius 1 is 0.871 bits per heavy atom. The van der Waals surface area contributed by atoms with Gasteiger partial charge < -0.3 is 4.42 Å². The molecule has 3 aromatic carbocycles. The fraction of sp³-hybridized carbons (Fsp3) is 0.207. The Hall–Kier alpha value is -3.39. The number of ketones is 1. The van der Waals surface area contributed by atoms with Crippen LogP contribution in [0.15, 0.2) is 101 Å². The van der Waals surface area contributed by atoms with Crippen molar-refractivity contribution in [2.45, 2.75) is 37.5 Å². The molecule has 0 fully saturated rings. The molecule has 1 heterocycles. The summed E-state index contributed by atoms with van der Waals surface area (Å²) < 4.78 is 6.30. The minimum absolute atomic E-state index is 0.142. The number of rotatable bonds is 6. The Kier molecular flexibility index (Phi) is 5.54. The van der Waals surface area contributed by atoms with Gasteiger partial charge in [0, 0.05) is 30.2 Å². The predicted octanol–water partition coefficient (Wildman–Crippen LogP) is 6.96. The van der Waals surface area contributed by atoms with Crippen LogP contribution in [-0.4, -0.2) is 5.78 Å². The maximum atomic E-state index is 13.7. The third-order valence-electron chi connectivity index (χ3n) is 6.35. The van der Waals surface area contributed by atoms with E-state index in [2.05, 4.69) is 30.3 Å². The summed E-state index contributed by atoms with van der Waals surface area (Å²) in [5.41, 5.74) is 4.47. The second-order valence-electron chi connectivity index (χ2n) is 8.37. The molecule has 0 amide bonds. The summed E-state index contributed by atoms with van der Waals surface area (Å²) in [6.45, 7) is 0. The summed E-state index contributed by atoms with van der Waals surface area (Å²) in [6, 6.07) is 32.8. The molecule has 1 aromatic heterocycles. The van der Waals surface area contributed by atoms with Crippen LogP contribution in [0.4, 0.5) is 0 Å². The van der Waals surface area contributed by atoms with Crippen molar-refractivity contribution < 1.29 is 9.21 Å². The number of carbonyl (C=O) groups is 1. The van der Waals surface area contributed by atoms with E-state index in [-0.39, 0.29) is 17.6 Å². The molecule has 4 aromatic rings. The van der Waals surface area contributed by atoms with Crippen LogP contribution in [0, 0.1) is 0 Å². The molecule has 154 valence electrons. The Bertz CT molecular complexity index is 1140. The molecule has 5 rings (SSSR count). The largest absolute Gasteiger partial charge is 0.461 e. The number of Topliss-reactive ketones (excluding diaryl/α,β-unsaturated/α-hetero) is 1. The van der Waals surface area contributed by atoms with Crippen LogP contribution in [0.2, 0.25) is 0 Å². The highest BCUT2D eigenvalue weighted by molar-refractivity contribution is 5.89. The first-order chi connectivity index (χ1) is 15.3. The molecule has 0 saturated carbocycles. The predicted molar refractivity (Wildman–Crippen MR) is 124 cm³/mol. The molecule has 0 aliphatic heterocycles. The van der Waals surface area contributed by atoms with Crippen molar-refractivity contribution in [3.05, 3.63) is 120 Å². The fourth-order valence-corrected chi connectivity index (χ4v) is 4.89. The standard InChI is InChI=1S/C29H26O2/c30-26(19-21-11-4-1-5-12-21)29(23-15-8-3-9-16-23)24-17-10-18-27-25(24)20-28(31-27)22-13-6-2-7-14-22/h1-9,11-16,20,24,29H,10,17-19H2. The van der Waals surface area contributed by atoms with Crippen molar-refractivity contribution >= 4 is 5.78 Å². The molecule has 2 atom stereocenters. The first-order valence-corrected chi connectivity index (χ1v) is 11.1. The molecule has 0 radical (unpaired) electrons. The Morgan fingerprint density at radius 3 is 2.23 bits per heavy atom. The minimum Gasteiger partial charge on any atom is -0.461 e. The molecule has 0 spiro atoms. The van der Waals surface area contributed by atoms with Gasteiger partial charge in [0.25, 0.3) is 0 Å². The van der Waals surface area contributed by atoms with E-state index in [1.807, 2.05) is 66.7 Å². The molecule has 2 heteroatoms. The normalized spacial score (nSPS) is 16.5. The number of carbonyl (C=O) groups excluding carboxylic acids is 1. The van der Waals surface area contributed by atoms with E-state index in [4.69, 9.17) is 4.42 Å². The lowest BCUT2D eigenvalue weighted by molar-refractivity contribution is -0.120. The van der Waals surface area contributed by atoms with Crippen molar-refractivity contribution in [3.63, 3.8) is 0 Å². The van der Waals surface area contributed by atoms with Crippen molar-refractivity contribution in [2.75, 3.05) is 0 Å². The summed E-state index contributed by atoms with van der Waals surface area (Å²) in [5, 5.41) is 0.